The van der Waals surface area contributed by atoms with E-state index in [4.69, 9.17) is 24.2 Å². The smallest absolute Gasteiger partial charge is 0.408 e. The van der Waals surface area contributed by atoms with E-state index < -0.39 is 46.9 Å². The first-order valence-corrected chi connectivity index (χ1v) is 23.0. The highest BCUT2D eigenvalue weighted by molar-refractivity contribution is 7.10. The van der Waals surface area contributed by atoms with E-state index in [-0.39, 0.29) is 19.1 Å². The van der Waals surface area contributed by atoms with E-state index in [0.717, 1.165) is 71.3 Å². The van der Waals surface area contributed by atoms with Crippen molar-refractivity contribution in [2.24, 2.45) is 5.41 Å². The van der Waals surface area contributed by atoms with Gasteiger partial charge in [0.15, 0.2) is 0 Å². The number of cyclic esters (lactones) is 1. The number of ether oxygens (including phenoxy) is 3. The molecule has 2 amide bonds. The van der Waals surface area contributed by atoms with E-state index in [1.165, 1.54) is 29.2 Å². The maximum Gasteiger partial charge on any atom is 0.408 e. The molecule has 62 heavy (non-hydrogen) atoms. The van der Waals surface area contributed by atoms with Crippen LogP contribution >= 0.6 is 11.3 Å². The summed E-state index contributed by atoms with van der Waals surface area (Å²) in [6.07, 6.45) is 4.96. The van der Waals surface area contributed by atoms with Crippen LogP contribution in [0.25, 0.3) is 33.4 Å². The molecule has 0 spiro atoms. The van der Waals surface area contributed by atoms with E-state index >= 15 is 4.39 Å². The van der Waals surface area contributed by atoms with Crippen molar-refractivity contribution in [1.82, 2.24) is 35.2 Å². The molecule has 16 heteroatoms. The van der Waals surface area contributed by atoms with Gasteiger partial charge in [0.05, 0.1) is 52.2 Å². The molecular weight excluding hydrogens is 812 g/mol. The van der Waals surface area contributed by atoms with E-state index in [0.29, 0.717) is 48.6 Å². The van der Waals surface area contributed by atoms with Gasteiger partial charge in [-0.3, -0.25) is 24.5 Å². The molecule has 6 bridgehead atoms. The van der Waals surface area contributed by atoms with E-state index in [2.05, 4.69) is 51.9 Å². The van der Waals surface area contributed by atoms with E-state index in [1.54, 1.807) is 39.3 Å². The number of hydrazine groups is 1. The average Bonchev–Trinajstić information content (AvgIpc) is 3.93. The molecule has 3 atom stereocenters. The number of piperazine rings is 1. The lowest BCUT2D eigenvalue weighted by molar-refractivity contribution is -0.155. The van der Waals surface area contributed by atoms with Gasteiger partial charge in [-0.05, 0) is 90.5 Å². The number of methoxy groups -OCH3 is 1. The highest BCUT2D eigenvalue weighted by atomic mass is 32.1. The molecule has 3 fully saturated rings. The predicted molar refractivity (Wildman–Crippen MR) is 237 cm³/mol. The molecule has 4 aromatic rings. The maximum absolute atomic E-state index is 16.7. The molecule has 334 valence electrons. The highest BCUT2D eigenvalue weighted by Gasteiger charge is 2.37. The zero-order chi connectivity index (χ0) is 44.1. The summed E-state index contributed by atoms with van der Waals surface area (Å²) in [6.45, 7) is 18.2. The van der Waals surface area contributed by atoms with Gasteiger partial charge >= 0.3 is 12.1 Å². The van der Waals surface area contributed by atoms with Crippen LogP contribution < -0.4 is 15.6 Å². The van der Waals surface area contributed by atoms with Crippen LogP contribution in [0.4, 0.5) is 14.9 Å². The monoisotopic (exact) mass is 872 g/mol. The quantitative estimate of drug-likeness (QED) is 0.185. The van der Waals surface area contributed by atoms with Crippen molar-refractivity contribution in [3.05, 3.63) is 51.9 Å². The summed E-state index contributed by atoms with van der Waals surface area (Å²) >= 11 is 1.29. The number of alkyl carbamates (subject to hydrolysis) is 1. The molecule has 1 aliphatic carbocycles. The number of pyridine rings is 1. The van der Waals surface area contributed by atoms with Crippen LogP contribution in [-0.2, 0) is 43.2 Å². The van der Waals surface area contributed by atoms with Crippen LogP contribution in [0.3, 0.4) is 0 Å². The number of anilines is 1. The van der Waals surface area contributed by atoms with Gasteiger partial charge in [-0.2, -0.15) is 0 Å². The largest absolute Gasteiger partial charge is 0.464 e. The number of carbonyl (C=O) groups is 3. The van der Waals surface area contributed by atoms with Gasteiger partial charge in [-0.1, -0.05) is 13.8 Å². The molecule has 6 heterocycles. The molecule has 0 unspecified atom stereocenters. The van der Waals surface area contributed by atoms with Crippen molar-refractivity contribution in [2.45, 2.75) is 123 Å². The molecule has 1 saturated carbocycles. The summed E-state index contributed by atoms with van der Waals surface area (Å²) in [4.78, 5) is 56.0. The number of thiazole rings is 1. The number of aromatic nitrogens is 3. The Morgan fingerprint density at radius 2 is 1.85 bits per heavy atom. The van der Waals surface area contributed by atoms with Crippen molar-refractivity contribution in [3.8, 4) is 22.5 Å². The Morgan fingerprint density at radius 1 is 1.10 bits per heavy atom. The number of hydrogen-bond acceptors (Lipinski definition) is 12. The molecule has 14 nitrogen and oxygen atoms in total. The lowest BCUT2D eigenvalue weighted by atomic mass is 9.84. The zero-order valence-corrected chi connectivity index (χ0v) is 38.1. The zero-order valence-electron chi connectivity index (χ0n) is 37.3. The number of rotatable bonds is 7. The second kappa shape index (κ2) is 17.5. The van der Waals surface area contributed by atoms with Gasteiger partial charge in [0.2, 0.25) is 0 Å². The fourth-order valence-corrected chi connectivity index (χ4v) is 9.89. The fraction of sp³-hybridized carbons (Fsp3) is 0.587. The Balaban J connectivity index is 1.26. The minimum Gasteiger partial charge on any atom is -0.464 e. The summed E-state index contributed by atoms with van der Waals surface area (Å²) in [6, 6.07) is 4.57. The number of halogens is 1. The first-order chi connectivity index (χ1) is 29.5. The highest BCUT2D eigenvalue weighted by Crippen LogP contribution is 2.44. The van der Waals surface area contributed by atoms with Gasteiger partial charge in [-0.25, -0.2) is 19.6 Å². The lowest BCUT2D eigenvalue weighted by Gasteiger charge is -2.36. The van der Waals surface area contributed by atoms with Gasteiger partial charge in [0, 0.05) is 86.1 Å². The van der Waals surface area contributed by atoms with Crippen LogP contribution in [0.5, 0.6) is 0 Å². The Labute approximate surface area is 367 Å². The second-order valence-corrected chi connectivity index (χ2v) is 19.9. The summed E-state index contributed by atoms with van der Waals surface area (Å²) in [5.74, 6) is -1.34. The Bertz CT molecular complexity index is 2330. The topological polar surface area (TPSA) is 143 Å². The summed E-state index contributed by atoms with van der Waals surface area (Å²) in [5.41, 5.74) is 7.83. The third kappa shape index (κ3) is 9.34. The first-order valence-electron chi connectivity index (χ1n) is 22.1. The minimum absolute atomic E-state index is 0.0229. The molecule has 1 aromatic carbocycles. The van der Waals surface area contributed by atoms with Gasteiger partial charge in [0.25, 0.3) is 5.91 Å². The molecule has 3 aliphatic heterocycles. The SMILES string of the molecule is CCn1c(-c2cc(N3CCN(C4CC4)CC3)cnc2[C@H](C)OC)c2c3cc(c(F)cc31)-c1csc(n1)C[C@H](NC(=O)OC(C)(C)C)C(=O)N1CCC[C@H](N1)C(=O)OCC(C)(C)C2. The van der Waals surface area contributed by atoms with Crippen LogP contribution in [0.2, 0.25) is 0 Å². The molecule has 2 saturated heterocycles. The predicted octanol–water partition coefficient (Wildman–Crippen LogP) is 7.03. The van der Waals surface area contributed by atoms with E-state index in [1.807, 2.05) is 19.2 Å². The molecule has 0 radical (unpaired) electrons. The number of amides is 2. The number of aryl methyl sites for hydroxylation is 1. The third-order valence-electron chi connectivity index (χ3n) is 12.4. The van der Waals surface area contributed by atoms with Crippen LogP contribution in [0.1, 0.15) is 96.5 Å². The summed E-state index contributed by atoms with van der Waals surface area (Å²) < 4.78 is 36.5. The number of fused-ring (bicyclic) bond motifs is 6. The number of benzene rings is 1. The molecule has 3 aromatic heterocycles. The van der Waals surface area contributed by atoms with Crippen molar-refractivity contribution < 1.29 is 33.0 Å². The molecule has 8 rings (SSSR count). The number of hydrogen-bond donors (Lipinski definition) is 2. The van der Waals surface area contributed by atoms with Crippen LogP contribution in [0.15, 0.2) is 29.8 Å². The van der Waals surface area contributed by atoms with Crippen LogP contribution in [0, 0.1) is 11.2 Å². The third-order valence-corrected chi connectivity index (χ3v) is 13.3. The number of nitrogens with one attached hydrogen (secondary N) is 2. The second-order valence-electron chi connectivity index (χ2n) is 19.0. The maximum atomic E-state index is 16.7. The number of nitrogens with zero attached hydrogens (tertiary/aromatic N) is 6. The van der Waals surface area contributed by atoms with Crippen LogP contribution in [-0.4, -0.2) is 113 Å². The van der Waals surface area contributed by atoms with Gasteiger partial charge in [-0.15, -0.1) is 11.3 Å². The lowest BCUT2D eigenvalue weighted by Crippen LogP contribution is -2.60. The minimum atomic E-state index is -1.08. The number of esters is 1. The van der Waals surface area contributed by atoms with Crippen molar-refractivity contribution in [3.63, 3.8) is 0 Å². The van der Waals surface area contributed by atoms with Crippen molar-refractivity contribution in [1.29, 1.82) is 0 Å². The summed E-state index contributed by atoms with van der Waals surface area (Å²) in [5, 5.41) is 7.30. The van der Waals surface area contributed by atoms with Crippen molar-refractivity contribution in [2.75, 3.05) is 51.3 Å². The normalized spacial score (nSPS) is 22.0. The Morgan fingerprint density at radius 3 is 2.55 bits per heavy atom. The number of carbonyl (C=O) groups excluding carboxylic acids is 3. The molecular formula is C46H61FN8O6S. The van der Waals surface area contributed by atoms with Crippen molar-refractivity contribution >= 4 is 45.9 Å². The Kier molecular flexibility index (Phi) is 12.4. The Hall–Kier alpha value is -4.64. The summed E-state index contributed by atoms with van der Waals surface area (Å²) in [7, 11) is 1.68. The van der Waals surface area contributed by atoms with Gasteiger partial charge < -0.3 is 29.0 Å². The molecule has 4 aliphatic rings. The van der Waals surface area contributed by atoms with E-state index in [9.17, 15) is 14.4 Å². The average molecular weight is 873 g/mol. The molecule has 2 N–H and O–H groups in total. The van der Waals surface area contributed by atoms with Gasteiger partial charge in [0.1, 0.15) is 23.5 Å². The fourth-order valence-electron chi connectivity index (χ4n) is 9.05. The standard InChI is InChI=1S/C46H61FN8O6S/c1-9-54-38-21-34(47)31-20-30(38)33(41(54)32-19-29(24-48-40(32)27(2)59-8)53-17-15-52(16-18-53)28-12-13-28)23-46(6,7)26-60-43(57)35-11-10-14-55(51-35)42(56)36(22-39-49-37(31)25-62-39)50-44(58)61-45(3,4)5/h19-21,24-25,27-28,35-36,51H,9-18,22-23,26H2,1-8H3,(H,50,58)/t27-,35-,36-/m0/s1. The first kappa shape index (κ1) is 44.0.